The minimum absolute atomic E-state index is 0.0144. The fourth-order valence-electron chi connectivity index (χ4n) is 3.56. The molecule has 0 saturated heterocycles. The monoisotopic (exact) mass is 471 g/mol. The molecule has 1 amide bonds. The number of amides is 1. The van der Waals surface area contributed by atoms with Crippen molar-refractivity contribution in [2.75, 3.05) is 17.6 Å². The number of nitrogens with zero attached hydrogens (tertiary/aromatic N) is 1. The van der Waals surface area contributed by atoms with E-state index in [0.717, 1.165) is 5.56 Å². The van der Waals surface area contributed by atoms with E-state index >= 15 is 0 Å². The molecule has 1 heterocycles. The van der Waals surface area contributed by atoms with E-state index in [1.54, 1.807) is 24.5 Å². The third kappa shape index (κ3) is 5.01. The molecule has 1 aromatic heterocycles. The quantitative estimate of drug-likeness (QED) is 0.248. The van der Waals surface area contributed by atoms with Crippen LogP contribution >= 0.6 is 0 Å². The molecular weight excluding hydrogens is 446 g/mol. The first-order chi connectivity index (χ1) is 15.6. The number of benzene rings is 2. The normalized spacial score (nSPS) is 12.7. The highest BCUT2D eigenvalue weighted by molar-refractivity contribution is 8.01. The molecule has 4 N–H and O–H groups in total. The zero-order valence-electron chi connectivity index (χ0n) is 18.5. The van der Waals surface area contributed by atoms with Gasteiger partial charge in [-0.3, -0.25) is 9.59 Å². The second kappa shape index (κ2) is 9.37. The zero-order chi connectivity index (χ0) is 24.3. The summed E-state index contributed by atoms with van der Waals surface area (Å²) in [7, 11) is -2.58. The number of primary amides is 1. The predicted molar refractivity (Wildman–Crippen MR) is 128 cm³/mol. The van der Waals surface area contributed by atoms with Crippen LogP contribution in [-0.4, -0.2) is 49.8 Å². The van der Waals surface area contributed by atoms with Crippen molar-refractivity contribution in [3.05, 3.63) is 59.3 Å². The second-order valence-electron chi connectivity index (χ2n) is 7.48. The highest BCUT2D eigenvalue weighted by Crippen LogP contribution is 2.39. The van der Waals surface area contributed by atoms with Gasteiger partial charge in [0, 0.05) is 28.2 Å². The van der Waals surface area contributed by atoms with Crippen molar-refractivity contribution in [3.63, 3.8) is 0 Å². The van der Waals surface area contributed by atoms with Gasteiger partial charge in [-0.2, -0.15) is 0 Å². The van der Waals surface area contributed by atoms with Crippen molar-refractivity contribution in [2.24, 2.45) is 5.73 Å². The molecule has 0 aliphatic heterocycles. The van der Waals surface area contributed by atoms with Gasteiger partial charge < -0.3 is 24.9 Å². The van der Waals surface area contributed by atoms with Crippen LogP contribution in [0.1, 0.15) is 28.5 Å². The number of anilines is 1. The van der Waals surface area contributed by atoms with Crippen LogP contribution in [-0.2, 0) is 25.8 Å². The maximum absolute atomic E-state index is 12.8. The average molecular weight is 472 g/mol. The first kappa shape index (κ1) is 23.9. The zero-order valence-corrected chi connectivity index (χ0v) is 19.3. The molecule has 1 atom stereocenters. The Morgan fingerprint density at radius 1 is 1.18 bits per heavy atom. The number of carbonyl (C=O) groups is 3. The van der Waals surface area contributed by atoms with Crippen LogP contribution in [0.2, 0.25) is 0 Å². The van der Waals surface area contributed by atoms with Crippen molar-refractivity contribution >= 4 is 49.3 Å². The van der Waals surface area contributed by atoms with Gasteiger partial charge in [0.1, 0.15) is 5.75 Å². The molecule has 3 aromatic rings. The average Bonchev–Trinajstić information content (AvgIpc) is 3.05. The molecule has 0 saturated carbocycles. The molecule has 0 radical (unpaired) electrons. The lowest BCUT2D eigenvalue weighted by Gasteiger charge is -2.16. The minimum Gasteiger partial charge on any atom is -0.481 e. The summed E-state index contributed by atoms with van der Waals surface area (Å²) in [5.41, 5.74) is 7.57. The van der Waals surface area contributed by atoms with Gasteiger partial charge >= 0.3 is 5.97 Å². The van der Waals surface area contributed by atoms with Gasteiger partial charge in [-0.1, -0.05) is 30.3 Å². The van der Waals surface area contributed by atoms with Crippen LogP contribution < -0.4 is 15.2 Å². The smallest absolute Gasteiger partial charge is 0.341 e. The Labute approximate surface area is 191 Å². The number of nitrogens with two attached hydrogens (primary N) is 1. The predicted octanol–water partition coefficient (Wildman–Crippen LogP) is 2.19. The first-order valence-electron chi connectivity index (χ1n) is 10.0. The topological polar surface area (TPSA) is 141 Å². The number of fused-ring (bicyclic) bond motifs is 1. The highest BCUT2D eigenvalue weighted by Gasteiger charge is 2.28. The maximum atomic E-state index is 12.8. The number of rotatable bonds is 9. The van der Waals surface area contributed by atoms with Crippen molar-refractivity contribution in [3.8, 4) is 5.75 Å². The standard InChI is InChI=1S/C23H25N3O6S/c1-4-33(3,31)25-16-10-11-17(32-13-18(27)28)20-19(22(29)23(24)30)14(2)26(21(16)20)12-15-8-6-5-7-9-15/h4-11H,12-13H2,1-3H3,(H2,24,30)(H,25,31)(H,27,28). The van der Waals surface area contributed by atoms with Crippen LogP contribution in [0.5, 0.6) is 5.75 Å². The molecule has 0 aliphatic rings. The summed E-state index contributed by atoms with van der Waals surface area (Å²) >= 11 is 0. The SMILES string of the molecule is CC=S(C)(=O)Nc1ccc(OCC(=O)O)c2c(C(=O)C(N)=O)c(C)n(Cc3ccccc3)c12. The highest BCUT2D eigenvalue weighted by atomic mass is 32.2. The second-order valence-corrected chi connectivity index (χ2v) is 9.97. The first-order valence-corrected chi connectivity index (χ1v) is 12.0. The number of hydrogen-bond donors (Lipinski definition) is 3. The van der Waals surface area contributed by atoms with E-state index in [-0.39, 0.29) is 16.7 Å². The molecule has 0 fully saturated rings. The minimum atomic E-state index is -2.58. The molecule has 2 aromatic carbocycles. The van der Waals surface area contributed by atoms with E-state index < -0.39 is 34.0 Å². The van der Waals surface area contributed by atoms with Crippen LogP contribution in [0, 0.1) is 6.92 Å². The van der Waals surface area contributed by atoms with E-state index in [1.807, 2.05) is 30.3 Å². The molecule has 174 valence electrons. The van der Waals surface area contributed by atoms with E-state index in [1.165, 1.54) is 17.7 Å². The number of aromatic nitrogens is 1. The Balaban J connectivity index is 2.41. The van der Waals surface area contributed by atoms with E-state index in [0.29, 0.717) is 23.4 Å². The van der Waals surface area contributed by atoms with Gasteiger partial charge in [0.15, 0.2) is 6.61 Å². The van der Waals surface area contributed by atoms with Crippen molar-refractivity contribution < 1.29 is 28.4 Å². The van der Waals surface area contributed by atoms with Gasteiger partial charge in [-0.15, -0.1) is 0 Å². The van der Waals surface area contributed by atoms with Gasteiger partial charge in [0.25, 0.3) is 11.7 Å². The Kier molecular flexibility index (Phi) is 6.78. The van der Waals surface area contributed by atoms with Crippen molar-refractivity contribution in [1.82, 2.24) is 4.57 Å². The van der Waals surface area contributed by atoms with E-state index in [9.17, 15) is 18.6 Å². The van der Waals surface area contributed by atoms with Crippen LogP contribution in [0.15, 0.2) is 42.5 Å². The Hall–Kier alpha value is -3.79. The number of ketones is 1. The lowest BCUT2D eigenvalue weighted by molar-refractivity contribution is -0.139. The van der Waals surface area contributed by atoms with Crippen molar-refractivity contribution in [1.29, 1.82) is 0 Å². The number of ether oxygens (including phenoxy) is 1. The number of carboxylic acids is 1. The summed E-state index contributed by atoms with van der Waals surface area (Å²) in [5.74, 6) is -3.19. The lowest BCUT2D eigenvalue weighted by Crippen LogP contribution is -2.24. The summed E-state index contributed by atoms with van der Waals surface area (Å²) in [4.78, 5) is 35.8. The van der Waals surface area contributed by atoms with Crippen molar-refractivity contribution in [2.45, 2.75) is 20.4 Å². The van der Waals surface area contributed by atoms with Gasteiger partial charge in [0.2, 0.25) is 0 Å². The number of nitrogens with one attached hydrogen (secondary N) is 1. The number of hydrogen-bond acceptors (Lipinski definition) is 5. The molecule has 0 aliphatic carbocycles. The van der Waals surface area contributed by atoms with Crippen LogP contribution in [0.3, 0.4) is 0 Å². The maximum Gasteiger partial charge on any atom is 0.341 e. The molecule has 0 bridgehead atoms. The third-order valence-corrected chi connectivity index (χ3v) is 6.70. The van der Waals surface area contributed by atoms with Crippen LogP contribution in [0.25, 0.3) is 10.9 Å². The molecule has 1 unspecified atom stereocenters. The molecule has 33 heavy (non-hydrogen) atoms. The summed E-state index contributed by atoms with van der Waals surface area (Å²) < 4.78 is 23.1. The van der Waals surface area contributed by atoms with Gasteiger partial charge in [-0.25, -0.2) is 9.00 Å². The number of Topliss-reactive ketones (excluding diaryl/α,β-unsaturated/α-hetero) is 1. The summed E-state index contributed by atoms with van der Waals surface area (Å²) in [6.45, 7) is 3.00. The Bertz CT molecular complexity index is 1370. The van der Waals surface area contributed by atoms with Gasteiger partial charge in [-0.05, 0) is 36.9 Å². The number of carboxylic acid groups (broad SMARTS) is 1. The molecular formula is C23H25N3O6S. The fourth-order valence-corrected chi connectivity index (χ4v) is 4.28. The fraction of sp³-hybridized carbons (Fsp3) is 0.217. The van der Waals surface area contributed by atoms with E-state index in [4.69, 9.17) is 15.6 Å². The van der Waals surface area contributed by atoms with E-state index in [2.05, 4.69) is 4.72 Å². The number of aliphatic carboxylic acids is 1. The largest absolute Gasteiger partial charge is 0.481 e. The van der Waals surface area contributed by atoms with Gasteiger partial charge in [0.05, 0.1) is 22.2 Å². The molecule has 3 rings (SSSR count). The molecule has 9 nitrogen and oxygen atoms in total. The Morgan fingerprint density at radius 2 is 1.85 bits per heavy atom. The molecule has 10 heteroatoms. The summed E-state index contributed by atoms with van der Waals surface area (Å²) in [6, 6.07) is 12.5. The Morgan fingerprint density at radius 3 is 2.42 bits per heavy atom. The lowest BCUT2D eigenvalue weighted by atomic mass is 10.0. The number of carbonyl (C=O) groups excluding carboxylic acids is 2. The molecule has 0 spiro atoms. The van der Waals surface area contributed by atoms with Crippen LogP contribution in [0.4, 0.5) is 5.69 Å². The summed E-state index contributed by atoms with van der Waals surface area (Å²) in [6.07, 6.45) is 1.53. The third-order valence-electron chi connectivity index (χ3n) is 5.17. The summed E-state index contributed by atoms with van der Waals surface area (Å²) in [5, 5.41) is 10.8.